The number of aliphatic hydroxyl groups excluding tert-OH is 1. The zero-order valence-corrected chi connectivity index (χ0v) is 17.0. The van der Waals surface area contributed by atoms with Crippen LogP contribution in [0.1, 0.15) is 54.4 Å². The standard InChI is InChI=1S/C25H25FN2O2/c1-2-27-25(30)17-9-6-8-16(14-17)18-10-4-3-5-11-19-20-12-7-13-22(26)23(20)28-15-21(19)24(18)29/h6-9,11-15,18,29H,2-5,10H2,1H3,(H,27,30)/b19-11-,24-21?. The predicted molar refractivity (Wildman–Crippen MR) is 117 cm³/mol. The third-order valence-electron chi connectivity index (χ3n) is 5.68. The van der Waals surface area contributed by atoms with E-state index in [1.165, 1.54) is 6.07 Å². The summed E-state index contributed by atoms with van der Waals surface area (Å²) < 4.78 is 14.3. The Morgan fingerprint density at radius 1 is 1.23 bits per heavy atom. The summed E-state index contributed by atoms with van der Waals surface area (Å²) in [6.45, 7) is 2.44. The molecule has 1 aliphatic rings. The molecule has 4 rings (SSSR count). The normalized spacial score (nSPS) is 17.9. The van der Waals surface area contributed by atoms with Crippen molar-refractivity contribution in [1.82, 2.24) is 10.3 Å². The van der Waals surface area contributed by atoms with Crippen molar-refractivity contribution in [3.05, 3.63) is 76.0 Å². The van der Waals surface area contributed by atoms with Crippen LogP contribution in [0.3, 0.4) is 0 Å². The minimum Gasteiger partial charge on any atom is -0.511 e. The van der Waals surface area contributed by atoms with E-state index in [1.807, 2.05) is 31.2 Å². The van der Waals surface area contributed by atoms with Gasteiger partial charge in [-0.25, -0.2) is 4.39 Å². The van der Waals surface area contributed by atoms with Gasteiger partial charge >= 0.3 is 0 Å². The van der Waals surface area contributed by atoms with Crippen LogP contribution >= 0.6 is 0 Å². The molecule has 2 N–H and O–H groups in total. The number of halogens is 1. The van der Waals surface area contributed by atoms with E-state index in [4.69, 9.17) is 0 Å². The number of pyridine rings is 1. The lowest BCUT2D eigenvalue weighted by Gasteiger charge is -2.18. The third-order valence-corrected chi connectivity index (χ3v) is 5.68. The first-order valence-electron chi connectivity index (χ1n) is 10.4. The summed E-state index contributed by atoms with van der Waals surface area (Å²) in [6.07, 6.45) is 7.16. The van der Waals surface area contributed by atoms with Gasteiger partial charge in [0.05, 0.1) is 0 Å². The van der Waals surface area contributed by atoms with Crippen molar-refractivity contribution in [2.45, 2.75) is 38.5 Å². The first-order valence-corrected chi connectivity index (χ1v) is 10.4. The average molecular weight is 404 g/mol. The monoisotopic (exact) mass is 404 g/mol. The number of hydrogen-bond donors (Lipinski definition) is 2. The molecule has 0 aliphatic heterocycles. The maximum atomic E-state index is 14.3. The maximum Gasteiger partial charge on any atom is 0.251 e. The zero-order chi connectivity index (χ0) is 21.1. The fourth-order valence-electron chi connectivity index (χ4n) is 4.18. The molecule has 0 radical (unpaired) electrons. The summed E-state index contributed by atoms with van der Waals surface area (Å²) >= 11 is 0. The number of aliphatic hydroxyl groups is 1. The highest BCUT2D eigenvalue weighted by Crippen LogP contribution is 2.30. The molecule has 1 heterocycles. The van der Waals surface area contributed by atoms with Gasteiger partial charge in [0.1, 0.15) is 17.1 Å². The molecule has 1 aliphatic carbocycles. The molecule has 5 heteroatoms. The van der Waals surface area contributed by atoms with Crippen LogP contribution in [0.5, 0.6) is 0 Å². The Balaban J connectivity index is 1.92. The molecular formula is C25H25FN2O2. The number of para-hydroxylation sites is 1. The first kappa shape index (κ1) is 20.1. The minimum atomic E-state index is -0.366. The molecule has 0 bridgehead atoms. The molecule has 2 aromatic carbocycles. The van der Waals surface area contributed by atoms with Crippen LogP contribution in [0, 0.1) is 5.82 Å². The summed E-state index contributed by atoms with van der Waals surface area (Å²) in [5.74, 6) is -0.527. The van der Waals surface area contributed by atoms with Crippen LogP contribution in [0.4, 0.5) is 4.39 Å². The SMILES string of the molecule is CCNC(=O)c1cccc(C2CCCC/C=c3\c(cnc4c(F)cccc34)=C2O)c1. The van der Waals surface area contributed by atoms with E-state index in [0.717, 1.165) is 36.5 Å². The van der Waals surface area contributed by atoms with Gasteiger partial charge in [-0.3, -0.25) is 9.78 Å². The number of benzene rings is 2. The Morgan fingerprint density at radius 3 is 2.90 bits per heavy atom. The molecule has 0 saturated carbocycles. The molecule has 30 heavy (non-hydrogen) atoms. The van der Waals surface area contributed by atoms with E-state index in [-0.39, 0.29) is 23.4 Å². The summed E-state index contributed by atoms with van der Waals surface area (Å²) in [5.41, 5.74) is 1.78. The van der Waals surface area contributed by atoms with Gasteiger partial charge in [-0.15, -0.1) is 0 Å². The van der Waals surface area contributed by atoms with Crippen molar-refractivity contribution in [2.24, 2.45) is 0 Å². The molecule has 3 aromatic rings. The maximum absolute atomic E-state index is 14.3. The molecular weight excluding hydrogens is 379 g/mol. The van der Waals surface area contributed by atoms with Crippen LogP contribution in [-0.4, -0.2) is 22.5 Å². The smallest absolute Gasteiger partial charge is 0.251 e. The van der Waals surface area contributed by atoms with Crippen LogP contribution in [0.2, 0.25) is 0 Å². The predicted octanol–water partition coefficient (Wildman–Crippen LogP) is 3.93. The highest BCUT2D eigenvalue weighted by Gasteiger charge is 2.20. The topological polar surface area (TPSA) is 62.2 Å². The summed E-state index contributed by atoms with van der Waals surface area (Å²) in [5, 5.41) is 16.3. The molecule has 0 spiro atoms. The first-order chi connectivity index (χ1) is 14.6. The van der Waals surface area contributed by atoms with Crippen LogP contribution in [0.25, 0.3) is 22.7 Å². The van der Waals surface area contributed by atoms with Gasteiger partial charge in [0.15, 0.2) is 0 Å². The lowest BCUT2D eigenvalue weighted by atomic mass is 9.89. The van der Waals surface area contributed by atoms with Crippen LogP contribution < -0.4 is 15.8 Å². The quantitative estimate of drug-likeness (QED) is 0.695. The van der Waals surface area contributed by atoms with Crippen molar-refractivity contribution in [3.63, 3.8) is 0 Å². The minimum absolute atomic E-state index is 0.126. The Morgan fingerprint density at radius 2 is 2.07 bits per heavy atom. The third kappa shape index (κ3) is 3.80. The van der Waals surface area contributed by atoms with E-state index in [9.17, 15) is 14.3 Å². The number of carbonyl (C=O) groups is 1. The van der Waals surface area contributed by atoms with E-state index >= 15 is 0 Å². The molecule has 154 valence electrons. The van der Waals surface area contributed by atoms with Crippen LogP contribution in [-0.2, 0) is 0 Å². The Labute approximate surface area is 174 Å². The number of rotatable bonds is 3. The second-order valence-corrected chi connectivity index (χ2v) is 7.63. The Kier molecular flexibility index (Phi) is 5.79. The zero-order valence-electron chi connectivity index (χ0n) is 17.0. The average Bonchev–Trinajstić information content (AvgIpc) is 2.84. The van der Waals surface area contributed by atoms with E-state index in [0.29, 0.717) is 28.2 Å². The number of amides is 1. The number of aromatic nitrogens is 1. The van der Waals surface area contributed by atoms with Gasteiger partial charge < -0.3 is 10.4 Å². The van der Waals surface area contributed by atoms with E-state index in [1.54, 1.807) is 18.3 Å². The number of nitrogens with one attached hydrogen (secondary N) is 1. The van der Waals surface area contributed by atoms with Crippen molar-refractivity contribution in [1.29, 1.82) is 0 Å². The number of fused-ring (bicyclic) bond motifs is 3. The summed E-state index contributed by atoms with van der Waals surface area (Å²) in [4.78, 5) is 16.6. The van der Waals surface area contributed by atoms with Gasteiger partial charge in [0.2, 0.25) is 0 Å². The Bertz CT molecular complexity index is 1220. The Hall–Kier alpha value is -3.21. The highest BCUT2D eigenvalue weighted by molar-refractivity contribution is 5.94. The molecule has 0 saturated heterocycles. The number of hydrogen-bond acceptors (Lipinski definition) is 3. The van der Waals surface area contributed by atoms with Gasteiger partial charge in [-0.05, 0) is 55.2 Å². The molecule has 1 amide bonds. The molecule has 1 unspecified atom stereocenters. The largest absolute Gasteiger partial charge is 0.511 e. The van der Waals surface area contributed by atoms with Crippen molar-refractivity contribution < 1.29 is 14.3 Å². The van der Waals surface area contributed by atoms with E-state index < -0.39 is 0 Å². The molecule has 1 aromatic heterocycles. The number of carbonyl (C=O) groups excluding carboxylic acids is 1. The number of nitrogens with zero attached hydrogens (tertiary/aromatic N) is 1. The lowest BCUT2D eigenvalue weighted by Crippen LogP contribution is -2.30. The second kappa shape index (κ2) is 8.66. The second-order valence-electron chi connectivity index (χ2n) is 7.63. The van der Waals surface area contributed by atoms with Crippen molar-refractivity contribution in [3.8, 4) is 0 Å². The fraction of sp³-hybridized carbons (Fsp3) is 0.280. The molecule has 1 atom stereocenters. The summed E-state index contributed by atoms with van der Waals surface area (Å²) in [7, 11) is 0. The van der Waals surface area contributed by atoms with Gasteiger partial charge in [0, 0.05) is 34.8 Å². The van der Waals surface area contributed by atoms with Crippen molar-refractivity contribution in [2.75, 3.05) is 6.54 Å². The fourth-order valence-corrected chi connectivity index (χ4v) is 4.18. The summed E-state index contributed by atoms with van der Waals surface area (Å²) in [6, 6.07) is 12.3. The molecule has 0 fully saturated rings. The highest BCUT2D eigenvalue weighted by atomic mass is 19.1. The van der Waals surface area contributed by atoms with Gasteiger partial charge in [-0.1, -0.05) is 36.8 Å². The van der Waals surface area contributed by atoms with Crippen LogP contribution in [0.15, 0.2) is 48.7 Å². The molecule has 4 nitrogen and oxygen atoms in total. The lowest BCUT2D eigenvalue weighted by molar-refractivity contribution is 0.0955. The van der Waals surface area contributed by atoms with Gasteiger partial charge in [0.25, 0.3) is 5.91 Å². The van der Waals surface area contributed by atoms with E-state index in [2.05, 4.69) is 16.4 Å². The van der Waals surface area contributed by atoms with Gasteiger partial charge in [-0.2, -0.15) is 0 Å². The van der Waals surface area contributed by atoms with Crippen molar-refractivity contribution >= 4 is 28.6 Å².